The fraction of sp³-hybridized carbons (Fsp3) is 0.308. The number of thioether (sulfide) groups is 1. The van der Waals surface area contributed by atoms with Gasteiger partial charge in [0.05, 0.1) is 29.5 Å². The zero-order chi connectivity index (χ0) is 24.5. The molecule has 35 heavy (non-hydrogen) atoms. The summed E-state index contributed by atoms with van der Waals surface area (Å²) in [6.07, 6.45) is 5.20. The van der Waals surface area contributed by atoms with Gasteiger partial charge in [0.25, 0.3) is 5.56 Å². The molecular formula is C26H27N5O3S. The fourth-order valence-corrected chi connectivity index (χ4v) is 5.42. The second-order valence-corrected chi connectivity index (χ2v) is 9.41. The minimum absolute atomic E-state index is 0.0420. The standard InChI is InChI=1S/C26H27N5O3S/c1-4-29(18-9-5-6-10-18)23(32)16-35-26-28-27-25-30(21-15-17(2)13-14-22(21)34-3)24(33)19-11-7-8-12-20(19)31(25)26/h7-9,11-15H,4-6,10,16H2,1-3H3. The van der Waals surface area contributed by atoms with E-state index in [1.807, 2.05) is 59.5 Å². The van der Waals surface area contributed by atoms with E-state index in [1.54, 1.807) is 13.2 Å². The van der Waals surface area contributed by atoms with Gasteiger partial charge in [0.15, 0.2) is 5.16 Å². The monoisotopic (exact) mass is 489 g/mol. The number of carbonyl (C=O) groups is 1. The van der Waals surface area contributed by atoms with Crippen LogP contribution in [-0.2, 0) is 4.79 Å². The first-order valence-corrected chi connectivity index (χ1v) is 12.7. The van der Waals surface area contributed by atoms with E-state index in [0.717, 1.165) is 30.5 Å². The normalized spacial score (nSPS) is 13.4. The summed E-state index contributed by atoms with van der Waals surface area (Å²) < 4.78 is 8.95. The maximum atomic E-state index is 13.6. The van der Waals surface area contributed by atoms with Gasteiger partial charge in [0, 0.05) is 12.2 Å². The van der Waals surface area contributed by atoms with Crippen LogP contribution in [0, 0.1) is 6.92 Å². The lowest BCUT2D eigenvalue weighted by Gasteiger charge is -2.22. The van der Waals surface area contributed by atoms with Crippen molar-refractivity contribution >= 4 is 34.3 Å². The first-order chi connectivity index (χ1) is 17.0. The number of fused-ring (bicyclic) bond motifs is 3. The molecular weight excluding hydrogens is 462 g/mol. The second kappa shape index (κ2) is 9.58. The van der Waals surface area contributed by atoms with Crippen LogP contribution >= 0.6 is 11.8 Å². The number of hydrogen-bond donors (Lipinski definition) is 0. The molecule has 0 aliphatic heterocycles. The van der Waals surface area contributed by atoms with E-state index in [2.05, 4.69) is 16.3 Å². The molecule has 0 N–H and O–H groups in total. The highest BCUT2D eigenvalue weighted by Crippen LogP contribution is 2.29. The van der Waals surface area contributed by atoms with Crippen molar-refractivity contribution in [2.24, 2.45) is 0 Å². The van der Waals surface area contributed by atoms with Gasteiger partial charge in [-0.05, 0) is 62.9 Å². The van der Waals surface area contributed by atoms with Crippen molar-refractivity contribution in [1.29, 1.82) is 0 Å². The van der Waals surface area contributed by atoms with Crippen LogP contribution in [0.25, 0.3) is 22.4 Å². The number of amides is 1. The Balaban J connectivity index is 1.62. The smallest absolute Gasteiger partial charge is 0.267 e. The highest BCUT2D eigenvalue weighted by atomic mass is 32.2. The van der Waals surface area contributed by atoms with Crippen molar-refractivity contribution < 1.29 is 9.53 Å². The molecule has 0 fully saturated rings. The second-order valence-electron chi connectivity index (χ2n) is 8.47. The van der Waals surface area contributed by atoms with Gasteiger partial charge in [-0.2, -0.15) is 0 Å². The Labute approximate surface area is 207 Å². The molecule has 0 unspecified atom stereocenters. The molecule has 0 saturated carbocycles. The molecule has 4 aromatic rings. The SMILES string of the molecule is CCN(C(=O)CSc1nnc2n(-c3cc(C)ccc3OC)c(=O)c3ccccc3n12)C1=CCCC1. The van der Waals surface area contributed by atoms with Gasteiger partial charge in [-0.3, -0.25) is 14.0 Å². The highest BCUT2D eigenvalue weighted by Gasteiger charge is 2.23. The summed E-state index contributed by atoms with van der Waals surface area (Å²) in [6.45, 7) is 4.60. The number of nitrogens with zero attached hydrogens (tertiary/aromatic N) is 5. The van der Waals surface area contributed by atoms with Gasteiger partial charge in [-0.15, -0.1) is 10.2 Å². The summed E-state index contributed by atoms with van der Waals surface area (Å²) in [5.74, 6) is 1.21. The number of methoxy groups -OCH3 is 1. The zero-order valence-corrected chi connectivity index (χ0v) is 20.8. The summed E-state index contributed by atoms with van der Waals surface area (Å²) >= 11 is 1.33. The lowest BCUT2D eigenvalue weighted by Crippen LogP contribution is -2.31. The summed E-state index contributed by atoms with van der Waals surface area (Å²) in [7, 11) is 1.58. The minimum Gasteiger partial charge on any atom is -0.495 e. The number of allylic oxidation sites excluding steroid dienone is 2. The molecule has 0 radical (unpaired) electrons. The van der Waals surface area contributed by atoms with Crippen LogP contribution in [0.4, 0.5) is 0 Å². The predicted molar refractivity (Wildman–Crippen MR) is 137 cm³/mol. The number of para-hydroxylation sites is 1. The third-order valence-electron chi connectivity index (χ3n) is 6.28. The summed E-state index contributed by atoms with van der Waals surface area (Å²) in [6, 6.07) is 13.0. The molecule has 8 nitrogen and oxygen atoms in total. The molecule has 1 amide bonds. The Morgan fingerprint density at radius 2 is 2.03 bits per heavy atom. The molecule has 2 aromatic carbocycles. The molecule has 180 valence electrons. The minimum atomic E-state index is -0.206. The third kappa shape index (κ3) is 4.10. The number of ether oxygens (including phenoxy) is 1. The van der Waals surface area contributed by atoms with Crippen molar-refractivity contribution in [2.75, 3.05) is 19.4 Å². The molecule has 2 aromatic heterocycles. The number of hydrogen-bond acceptors (Lipinski definition) is 6. The maximum Gasteiger partial charge on any atom is 0.267 e. The van der Waals surface area contributed by atoms with E-state index in [1.165, 1.54) is 16.3 Å². The quantitative estimate of drug-likeness (QED) is 0.359. The number of aryl methyl sites for hydroxylation is 1. The first-order valence-electron chi connectivity index (χ1n) is 11.7. The van der Waals surface area contributed by atoms with E-state index in [-0.39, 0.29) is 17.2 Å². The Morgan fingerprint density at radius 1 is 1.20 bits per heavy atom. The Hall–Kier alpha value is -3.59. The molecule has 5 rings (SSSR count). The Bertz CT molecular complexity index is 1520. The lowest BCUT2D eigenvalue weighted by atomic mass is 10.2. The van der Waals surface area contributed by atoms with Crippen LogP contribution in [0.15, 0.2) is 64.2 Å². The van der Waals surface area contributed by atoms with Crippen LogP contribution in [0.1, 0.15) is 31.7 Å². The van der Waals surface area contributed by atoms with E-state index in [4.69, 9.17) is 4.74 Å². The van der Waals surface area contributed by atoms with Gasteiger partial charge in [-0.25, -0.2) is 4.57 Å². The van der Waals surface area contributed by atoms with Crippen molar-refractivity contribution in [2.45, 2.75) is 38.3 Å². The van der Waals surface area contributed by atoms with Crippen molar-refractivity contribution in [1.82, 2.24) is 24.1 Å². The molecule has 0 bridgehead atoms. The fourth-order valence-electron chi connectivity index (χ4n) is 4.61. The topological polar surface area (TPSA) is 81.7 Å². The van der Waals surface area contributed by atoms with E-state index >= 15 is 0 Å². The summed E-state index contributed by atoms with van der Waals surface area (Å²) in [4.78, 5) is 28.5. The highest BCUT2D eigenvalue weighted by molar-refractivity contribution is 7.99. The van der Waals surface area contributed by atoms with Crippen LogP contribution in [0.3, 0.4) is 0 Å². The zero-order valence-electron chi connectivity index (χ0n) is 20.0. The van der Waals surface area contributed by atoms with E-state index < -0.39 is 0 Å². The van der Waals surface area contributed by atoms with Gasteiger partial charge < -0.3 is 9.64 Å². The maximum absolute atomic E-state index is 13.6. The molecule has 2 heterocycles. The van der Waals surface area contributed by atoms with Crippen LogP contribution in [-0.4, -0.2) is 49.4 Å². The van der Waals surface area contributed by atoms with Gasteiger partial charge >= 0.3 is 0 Å². The van der Waals surface area contributed by atoms with Crippen LogP contribution < -0.4 is 10.3 Å². The first kappa shape index (κ1) is 23.2. The van der Waals surface area contributed by atoms with Crippen molar-refractivity contribution in [3.05, 3.63) is 70.2 Å². The summed E-state index contributed by atoms with van der Waals surface area (Å²) in [5.41, 5.74) is 3.18. The van der Waals surface area contributed by atoms with Crippen molar-refractivity contribution in [3.63, 3.8) is 0 Å². The third-order valence-corrected chi connectivity index (χ3v) is 7.19. The molecule has 1 aliphatic rings. The predicted octanol–water partition coefficient (Wildman–Crippen LogP) is 4.36. The molecule has 1 aliphatic carbocycles. The molecule has 0 atom stereocenters. The van der Waals surface area contributed by atoms with Crippen LogP contribution in [0.2, 0.25) is 0 Å². The van der Waals surface area contributed by atoms with Gasteiger partial charge in [-0.1, -0.05) is 36.0 Å². The Kier molecular flexibility index (Phi) is 6.34. The largest absolute Gasteiger partial charge is 0.495 e. The van der Waals surface area contributed by atoms with E-state index in [0.29, 0.717) is 39.8 Å². The molecule has 0 spiro atoms. The average molecular weight is 490 g/mol. The van der Waals surface area contributed by atoms with Gasteiger partial charge in [0.2, 0.25) is 11.7 Å². The van der Waals surface area contributed by atoms with Gasteiger partial charge in [0.1, 0.15) is 5.75 Å². The number of carbonyl (C=O) groups excluding carboxylic acids is 1. The number of rotatable bonds is 7. The van der Waals surface area contributed by atoms with E-state index in [9.17, 15) is 9.59 Å². The molecule has 0 saturated heterocycles. The van der Waals surface area contributed by atoms with Crippen LogP contribution in [0.5, 0.6) is 5.75 Å². The Morgan fingerprint density at radius 3 is 2.77 bits per heavy atom. The summed E-state index contributed by atoms with van der Waals surface area (Å²) in [5, 5.41) is 9.88. The number of aromatic nitrogens is 4. The number of benzene rings is 2. The lowest BCUT2D eigenvalue weighted by molar-refractivity contribution is -0.126. The van der Waals surface area contributed by atoms with Crippen molar-refractivity contribution in [3.8, 4) is 11.4 Å². The molecule has 9 heteroatoms. The average Bonchev–Trinajstić information content (AvgIpc) is 3.54.